The van der Waals surface area contributed by atoms with Crippen molar-refractivity contribution in [1.29, 1.82) is 0 Å². The molecule has 0 aliphatic heterocycles. The van der Waals surface area contributed by atoms with Crippen LogP contribution in [0.5, 0.6) is 0 Å². The van der Waals surface area contributed by atoms with Gasteiger partial charge in [0.05, 0.1) is 0 Å². The molecular formula is C4H6BrF. The van der Waals surface area contributed by atoms with Crippen LogP contribution in [0.15, 0.2) is 0 Å². The van der Waals surface area contributed by atoms with E-state index in [2.05, 4.69) is 15.9 Å². The van der Waals surface area contributed by atoms with Crippen LogP contribution >= 0.6 is 15.9 Å². The Morgan fingerprint density at radius 3 is 1.83 bits per heavy atom. The lowest BCUT2D eigenvalue weighted by molar-refractivity contribution is 0.179. The fourth-order valence-electron chi connectivity index (χ4n) is 0.444. The lowest BCUT2D eigenvalue weighted by Gasteiger charge is -2.26. The first-order valence-electron chi connectivity index (χ1n) is 2.09. The maximum Gasteiger partial charge on any atom is 0.165 e. The highest BCUT2D eigenvalue weighted by Gasteiger charge is 2.33. The van der Waals surface area contributed by atoms with Gasteiger partial charge in [0.2, 0.25) is 0 Å². The lowest BCUT2D eigenvalue weighted by atomic mass is 9.98. The molecule has 36 valence electrons. The van der Waals surface area contributed by atoms with E-state index in [4.69, 9.17) is 0 Å². The Balaban J connectivity index is 2.31. The number of halogens is 2. The highest BCUT2D eigenvalue weighted by Crippen LogP contribution is 2.40. The van der Waals surface area contributed by atoms with E-state index < -0.39 is 4.58 Å². The molecule has 2 heteroatoms. The molecule has 0 aromatic carbocycles. The van der Waals surface area contributed by atoms with Crippen LogP contribution in [-0.4, -0.2) is 4.58 Å². The van der Waals surface area contributed by atoms with Gasteiger partial charge in [0, 0.05) is 0 Å². The van der Waals surface area contributed by atoms with Gasteiger partial charge >= 0.3 is 0 Å². The molecule has 0 unspecified atom stereocenters. The first kappa shape index (κ1) is 4.57. The van der Waals surface area contributed by atoms with Crippen molar-refractivity contribution in [1.82, 2.24) is 0 Å². The van der Waals surface area contributed by atoms with Crippen molar-refractivity contribution in [2.45, 2.75) is 23.8 Å². The zero-order valence-electron chi connectivity index (χ0n) is 3.38. The Morgan fingerprint density at radius 2 is 1.83 bits per heavy atom. The predicted octanol–water partition coefficient (Wildman–Crippen LogP) is 2.23. The Bertz CT molecular complexity index is 54.6. The monoisotopic (exact) mass is 152 g/mol. The van der Waals surface area contributed by atoms with E-state index in [1.165, 1.54) is 0 Å². The molecule has 1 fully saturated rings. The van der Waals surface area contributed by atoms with Crippen molar-refractivity contribution in [3.05, 3.63) is 0 Å². The molecule has 0 N–H and O–H groups in total. The summed E-state index contributed by atoms with van der Waals surface area (Å²) in [5.74, 6) is 0. The first-order valence-corrected chi connectivity index (χ1v) is 2.88. The Morgan fingerprint density at radius 1 is 1.50 bits per heavy atom. The molecule has 0 heterocycles. The van der Waals surface area contributed by atoms with Gasteiger partial charge in [-0.2, -0.15) is 0 Å². The molecule has 0 amide bonds. The van der Waals surface area contributed by atoms with Crippen LogP contribution in [0, 0.1) is 0 Å². The van der Waals surface area contributed by atoms with Crippen LogP contribution in [0.3, 0.4) is 0 Å². The zero-order valence-corrected chi connectivity index (χ0v) is 4.96. The van der Waals surface area contributed by atoms with E-state index in [0.29, 0.717) is 12.8 Å². The SMILES string of the molecule is FC1(Br)CCC1. The third-order valence-electron chi connectivity index (χ3n) is 1.09. The molecule has 6 heavy (non-hydrogen) atoms. The largest absolute Gasteiger partial charge is 0.231 e. The molecule has 1 saturated carbocycles. The van der Waals surface area contributed by atoms with Gasteiger partial charge in [-0.15, -0.1) is 0 Å². The molecule has 1 aliphatic carbocycles. The fraction of sp³-hybridized carbons (Fsp3) is 1.00. The molecule has 0 aromatic rings. The third-order valence-corrected chi connectivity index (χ3v) is 1.88. The van der Waals surface area contributed by atoms with E-state index in [1.807, 2.05) is 0 Å². The zero-order chi connectivity index (χ0) is 4.62. The fourth-order valence-corrected chi connectivity index (χ4v) is 1.00. The van der Waals surface area contributed by atoms with Crippen LogP contribution in [0.1, 0.15) is 19.3 Å². The molecule has 1 rings (SSSR count). The van der Waals surface area contributed by atoms with Crippen molar-refractivity contribution in [3.8, 4) is 0 Å². The molecular weight excluding hydrogens is 147 g/mol. The van der Waals surface area contributed by atoms with Gasteiger partial charge < -0.3 is 0 Å². The van der Waals surface area contributed by atoms with Crippen LogP contribution in [0.25, 0.3) is 0 Å². The summed E-state index contributed by atoms with van der Waals surface area (Å²) in [6.07, 6.45) is 2.45. The molecule has 0 bridgehead atoms. The maximum atomic E-state index is 12.1. The minimum absolute atomic E-state index is 0.701. The van der Waals surface area contributed by atoms with E-state index >= 15 is 0 Å². The second kappa shape index (κ2) is 1.19. The Hall–Kier alpha value is 0.410. The summed E-state index contributed by atoms with van der Waals surface area (Å²) in [5, 5.41) is 0. The molecule has 0 radical (unpaired) electrons. The summed E-state index contributed by atoms with van der Waals surface area (Å²) in [6.45, 7) is 0. The minimum atomic E-state index is -0.965. The predicted molar refractivity (Wildman–Crippen MR) is 26.6 cm³/mol. The second-order valence-corrected chi connectivity index (χ2v) is 3.13. The van der Waals surface area contributed by atoms with Crippen molar-refractivity contribution >= 4 is 15.9 Å². The second-order valence-electron chi connectivity index (χ2n) is 1.71. The molecule has 0 nitrogen and oxygen atoms in total. The smallest absolute Gasteiger partial charge is 0.165 e. The first-order chi connectivity index (χ1) is 2.71. The Kier molecular flexibility index (Phi) is 0.904. The minimum Gasteiger partial charge on any atom is -0.231 e. The molecule has 0 atom stereocenters. The van der Waals surface area contributed by atoms with E-state index in [0.717, 1.165) is 6.42 Å². The van der Waals surface area contributed by atoms with Crippen LogP contribution < -0.4 is 0 Å². The van der Waals surface area contributed by atoms with Gasteiger partial charge in [-0.05, 0) is 35.2 Å². The van der Waals surface area contributed by atoms with Crippen molar-refractivity contribution in [3.63, 3.8) is 0 Å². The van der Waals surface area contributed by atoms with Gasteiger partial charge in [0.15, 0.2) is 4.58 Å². The summed E-state index contributed by atoms with van der Waals surface area (Å²) in [5.41, 5.74) is 0. The van der Waals surface area contributed by atoms with Gasteiger partial charge in [-0.1, -0.05) is 0 Å². The van der Waals surface area contributed by atoms with Crippen LogP contribution in [0.2, 0.25) is 0 Å². The Labute approximate surface area is 44.9 Å². The van der Waals surface area contributed by atoms with Gasteiger partial charge in [0.1, 0.15) is 0 Å². The average Bonchev–Trinajstić information content (AvgIpc) is 1.32. The third kappa shape index (κ3) is 0.725. The molecule has 0 saturated heterocycles. The lowest BCUT2D eigenvalue weighted by Crippen LogP contribution is -2.22. The standard InChI is InChI=1S/C4H6BrF/c5-4(6)2-1-3-4/h1-3H2. The normalized spacial score (nSPS) is 29.0. The summed E-state index contributed by atoms with van der Waals surface area (Å²) in [7, 11) is 0. The van der Waals surface area contributed by atoms with Crippen molar-refractivity contribution in [2.75, 3.05) is 0 Å². The van der Waals surface area contributed by atoms with E-state index in [1.54, 1.807) is 0 Å². The van der Waals surface area contributed by atoms with Crippen LogP contribution in [0.4, 0.5) is 4.39 Å². The summed E-state index contributed by atoms with van der Waals surface area (Å²) in [6, 6.07) is 0. The summed E-state index contributed by atoms with van der Waals surface area (Å²) in [4.78, 5) is 0. The van der Waals surface area contributed by atoms with Crippen LogP contribution in [-0.2, 0) is 0 Å². The highest BCUT2D eigenvalue weighted by molar-refractivity contribution is 9.10. The number of hydrogen-bond donors (Lipinski definition) is 0. The topological polar surface area (TPSA) is 0 Å². The quantitative estimate of drug-likeness (QED) is 0.468. The molecule has 1 aliphatic rings. The number of hydrogen-bond acceptors (Lipinski definition) is 0. The summed E-state index contributed by atoms with van der Waals surface area (Å²) >= 11 is 2.90. The summed E-state index contributed by atoms with van der Waals surface area (Å²) < 4.78 is 11.2. The van der Waals surface area contributed by atoms with E-state index in [-0.39, 0.29) is 0 Å². The number of rotatable bonds is 0. The molecule has 0 aromatic heterocycles. The van der Waals surface area contributed by atoms with Crippen molar-refractivity contribution in [2.24, 2.45) is 0 Å². The number of alkyl halides is 2. The highest BCUT2D eigenvalue weighted by atomic mass is 79.9. The van der Waals surface area contributed by atoms with Gasteiger partial charge in [0.25, 0.3) is 0 Å². The van der Waals surface area contributed by atoms with Gasteiger partial charge in [-0.3, -0.25) is 0 Å². The maximum absolute atomic E-state index is 12.1. The van der Waals surface area contributed by atoms with E-state index in [9.17, 15) is 4.39 Å². The van der Waals surface area contributed by atoms with Gasteiger partial charge in [-0.25, -0.2) is 4.39 Å². The van der Waals surface area contributed by atoms with Crippen molar-refractivity contribution < 1.29 is 4.39 Å². The average molecular weight is 153 g/mol. The molecule has 0 spiro atoms.